The van der Waals surface area contributed by atoms with Gasteiger partial charge in [0.1, 0.15) is 10.8 Å². The zero-order chi connectivity index (χ0) is 24.3. The molecule has 1 aromatic heterocycles. The molecule has 2 aromatic carbocycles. The smallest absolute Gasteiger partial charge is 0.263 e. The molecule has 1 saturated heterocycles. The van der Waals surface area contributed by atoms with Crippen LogP contribution in [0.25, 0.3) is 0 Å². The lowest BCUT2D eigenvalue weighted by molar-refractivity contribution is -0.138. The summed E-state index contributed by atoms with van der Waals surface area (Å²) < 4.78 is 33.6. The van der Waals surface area contributed by atoms with Crippen molar-refractivity contribution >= 4 is 61.3 Å². The topological polar surface area (TPSA) is 91.8 Å². The fourth-order valence-electron chi connectivity index (χ4n) is 3.55. The third-order valence-corrected chi connectivity index (χ3v) is 8.26. The Bertz CT molecular complexity index is 1260. The number of benzene rings is 2. The number of piperazine rings is 1. The average molecular weight is 541 g/mol. The molecule has 0 aliphatic carbocycles. The number of rotatable bonds is 7. The maximum absolute atomic E-state index is 12.9. The quantitative estimate of drug-likeness (QED) is 0.478. The van der Waals surface area contributed by atoms with E-state index in [0.717, 1.165) is 5.69 Å². The number of anilines is 2. The van der Waals surface area contributed by atoms with E-state index in [1.54, 1.807) is 53.6 Å². The average Bonchev–Trinajstić information content (AvgIpc) is 3.34. The Morgan fingerprint density at radius 2 is 1.88 bits per heavy atom. The van der Waals surface area contributed by atoms with Crippen molar-refractivity contribution in [2.75, 3.05) is 35.8 Å². The molecule has 0 unspecified atom stereocenters. The van der Waals surface area contributed by atoms with E-state index in [1.165, 1.54) is 17.5 Å². The first kappa shape index (κ1) is 24.6. The Labute approximate surface area is 212 Å². The SMILES string of the molecule is C[C@H](Oc1cccc(Cl)c1Cl)C(=O)N1CCN(c2cccc(S(=O)(=O)Nc3nccs3)c2)CC1. The molecule has 0 saturated carbocycles. The van der Waals surface area contributed by atoms with E-state index in [-0.39, 0.29) is 15.8 Å². The van der Waals surface area contributed by atoms with Crippen LogP contribution in [0.4, 0.5) is 10.8 Å². The van der Waals surface area contributed by atoms with Gasteiger partial charge in [0.2, 0.25) is 0 Å². The van der Waals surface area contributed by atoms with Crippen LogP contribution in [-0.4, -0.2) is 56.5 Å². The van der Waals surface area contributed by atoms with Crippen LogP contribution in [0, 0.1) is 0 Å². The summed E-state index contributed by atoms with van der Waals surface area (Å²) in [6.07, 6.45) is 0.808. The summed E-state index contributed by atoms with van der Waals surface area (Å²) in [5.74, 6) is 0.206. The van der Waals surface area contributed by atoms with Gasteiger partial charge in [-0.25, -0.2) is 13.4 Å². The fourth-order valence-corrected chi connectivity index (χ4v) is 5.72. The third-order valence-electron chi connectivity index (χ3n) is 5.31. The molecule has 1 aliphatic heterocycles. The van der Waals surface area contributed by atoms with E-state index >= 15 is 0 Å². The van der Waals surface area contributed by atoms with Crippen LogP contribution in [-0.2, 0) is 14.8 Å². The molecule has 2 heterocycles. The lowest BCUT2D eigenvalue weighted by Crippen LogP contribution is -2.52. The lowest BCUT2D eigenvalue weighted by Gasteiger charge is -2.37. The van der Waals surface area contributed by atoms with Gasteiger partial charge in [0, 0.05) is 43.4 Å². The van der Waals surface area contributed by atoms with Gasteiger partial charge in [0.15, 0.2) is 11.2 Å². The standard InChI is InChI=1S/C22H22Cl2N4O4S2/c1-15(32-19-7-3-6-18(23)20(19)24)21(29)28-11-9-27(10-12-28)16-4-2-5-17(14-16)34(30,31)26-22-25-8-13-33-22/h2-8,13-15H,9-12H2,1H3,(H,25,26)/t15-/m0/s1. The highest BCUT2D eigenvalue weighted by atomic mass is 35.5. The Morgan fingerprint density at radius 1 is 1.15 bits per heavy atom. The number of ether oxygens (including phenoxy) is 1. The Hall–Kier alpha value is -2.53. The molecule has 0 spiro atoms. The second-order valence-electron chi connectivity index (χ2n) is 7.56. The number of sulfonamides is 1. The molecule has 1 atom stereocenters. The van der Waals surface area contributed by atoms with E-state index in [9.17, 15) is 13.2 Å². The molecule has 3 aromatic rings. The highest BCUT2D eigenvalue weighted by molar-refractivity contribution is 7.93. The maximum atomic E-state index is 12.9. The van der Waals surface area contributed by atoms with Crippen LogP contribution in [0.1, 0.15) is 6.92 Å². The van der Waals surface area contributed by atoms with Gasteiger partial charge < -0.3 is 14.5 Å². The minimum Gasteiger partial charge on any atom is -0.479 e. The number of carbonyl (C=O) groups excluding carboxylic acids is 1. The first-order valence-corrected chi connectivity index (χ1v) is 13.5. The molecule has 12 heteroatoms. The highest BCUT2D eigenvalue weighted by Gasteiger charge is 2.27. The van der Waals surface area contributed by atoms with Gasteiger partial charge in [0.25, 0.3) is 15.9 Å². The summed E-state index contributed by atoms with van der Waals surface area (Å²) in [4.78, 5) is 20.8. The number of aromatic nitrogens is 1. The van der Waals surface area contributed by atoms with E-state index in [4.69, 9.17) is 27.9 Å². The molecule has 180 valence electrons. The summed E-state index contributed by atoms with van der Waals surface area (Å²) in [6, 6.07) is 11.7. The molecule has 8 nitrogen and oxygen atoms in total. The van der Waals surface area contributed by atoms with Gasteiger partial charge in [0.05, 0.1) is 9.92 Å². The highest BCUT2D eigenvalue weighted by Crippen LogP contribution is 2.32. The Morgan fingerprint density at radius 3 is 2.59 bits per heavy atom. The number of carbonyl (C=O) groups is 1. The van der Waals surface area contributed by atoms with Gasteiger partial charge in [-0.05, 0) is 37.3 Å². The summed E-state index contributed by atoms with van der Waals surface area (Å²) in [6.45, 7) is 3.74. The van der Waals surface area contributed by atoms with Crippen LogP contribution in [0.5, 0.6) is 5.75 Å². The van der Waals surface area contributed by atoms with E-state index in [1.807, 2.05) is 11.0 Å². The van der Waals surface area contributed by atoms with Crippen molar-refractivity contribution in [3.63, 3.8) is 0 Å². The first-order valence-electron chi connectivity index (χ1n) is 10.4. The van der Waals surface area contributed by atoms with Gasteiger partial charge in [-0.3, -0.25) is 9.52 Å². The predicted octanol–water partition coefficient (Wildman–Crippen LogP) is 4.37. The van der Waals surface area contributed by atoms with Gasteiger partial charge >= 0.3 is 0 Å². The summed E-state index contributed by atoms with van der Waals surface area (Å²) in [7, 11) is -3.75. The number of halogens is 2. The first-order chi connectivity index (χ1) is 16.2. The fraction of sp³-hybridized carbons (Fsp3) is 0.273. The molecule has 1 aliphatic rings. The number of thiazole rings is 1. The monoisotopic (exact) mass is 540 g/mol. The molecule has 0 bridgehead atoms. The van der Waals surface area contributed by atoms with E-state index in [2.05, 4.69) is 9.71 Å². The summed E-state index contributed by atoms with van der Waals surface area (Å²) >= 11 is 13.4. The molecule has 0 radical (unpaired) electrons. The van der Waals surface area contributed by atoms with E-state index < -0.39 is 16.1 Å². The largest absolute Gasteiger partial charge is 0.479 e. The van der Waals surface area contributed by atoms with Crippen molar-refractivity contribution in [2.24, 2.45) is 0 Å². The van der Waals surface area contributed by atoms with Crippen molar-refractivity contribution in [1.29, 1.82) is 0 Å². The lowest BCUT2D eigenvalue weighted by atomic mass is 10.2. The van der Waals surface area contributed by atoms with E-state index in [0.29, 0.717) is 42.1 Å². The van der Waals surface area contributed by atoms with Crippen LogP contribution in [0.3, 0.4) is 0 Å². The van der Waals surface area contributed by atoms with Crippen molar-refractivity contribution in [3.8, 4) is 5.75 Å². The van der Waals surface area contributed by atoms with Crippen LogP contribution < -0.4 is 14.4 Å². The van der Waals surface area contributed by atoms with Crippen molar-refractivity contribution in [3.05, 3.63) is 64.1 Å². The molecule has 4 rings (SSSR count). The summed E-state index contributed by atoms with van der Waals surface area (Å²) in [5.41, 5.74) is 0.768. The van der Waals surface area contributed by atoms with Gasteiger partial charge in [-0.1, -0.05) is 35.3 Å². The zero-order valence-corrected chi connectivity index (χ0v) is 21.3. The number of amides is 1. The number of hydrogen-bond donors (Lipinski definition) is 1. The predicted molar refractivity (Wildman–Crippen MR) is 135 cm³/mol. The second kappa shape index (κ2) is 10.4. The molecule has 1 amide bonds. The Kier molecular flexibility index (Phi) is 7.51. The molecule has 34 heavy (non-hydrogen) atoms. The number of nitrogens with one attached hydrogen (secondary N) is 1. The molecule has 1 N–H and O–H groups in total. The van der Waals surface area contributed by atoms with Crippen LogP contribution in [0.15, 0.2) is 58.9 Å². The third kappa shape index (κ3) is 5.57. The Balaban J connectivity index is 1.37. The van der Waals surface area contributed by atoms with Crippen molar-refractivity contribution in [1.82, 2.24) is 9.88 Å². The number of hydrogen-bond acceptors (Lipinski definition) is 7. The van der Waals surface area contributed by atoms with Crippen LogP contribution >= 0.6 is 34.5 Å². The van der Waals surface area contributed by atoms with Gasteiger partial charge in [-0.15, -0.1) is 11.3 Å². The second-order valence-corrected chi connectivity index (χ2v) is 10.9. The number of nitrogens with zero attached hydrogens (tertiary/aromatic N) is 3. The van der Waals surface area contributed by atoms with Gasteiger partial charge in [-0.2, -0.15) is 0 Å². The molecule has 1 fully saturated rings. The maximum Gasteiger partial charge on any atom is 0.263 e. The minimum absolute atomic E-state index is 0.152. The van der Waals surface area contributed by atoms with Crippen molar-refractivity contribution < 1.29 is 17.9 Å². The normalized spacial score (nSPS) is 15.1. The molecular weight excluding hydrogens is 519 g/mol. The van der Waals surface area contributed by atoms with Crippen LogP contribution in [0.2, 0.25) is 10.0 Å². The van der Waals surface area contributed by atoms with Crippen molar-refractivity contribution in [2.45, 2.75) is 17.9 Å². The zero-order valence-electron chi connectivity index (χ0n) is 18.1. The summed E-state index contributed by atoms with van der Waals surface area (Å²) in [5, 5.41) is 2.64. The molecular formula is C22H22Cl2N4O4S2. The minimum atomic E-state index is -3.75.